The van der Waals surface area contributed by atoms with Gasteiger partial charge in [0.25, 0.3) is 23.6 Å². The molecule has 0 aliphatic rings. The zero-order valence-corrected chi connectivity index (χ0v) is 56.5. The summed E-state index contributed by atoms with van der Waals surface area (Å²) in [5.41, 5.74) is 1.27. The van der Waals surface area contributed by atoms with Crippen LogP contribution in [0, 0.1) is 90.8 Å². The highest BCUT2D eigenvalue weighted by Crippen LogP contribution is 2.30. The highest BCUT2D eigenvalue weighted by atomic mass is 35.5. The minimum Gasteiger partial charge on any atom is -0.490 e. The van der Waals surface area contributed by atoms with Crippen LogP contribution < -0.4 is 40.2 Å². The molecule has 24 heteroatoms. The first kappa shape index (κ1) is 78.0. The average molecular weight is 1360 g/mol. The molecule has 0 aromatic heterocycles. The fraction of sp³-hybridized carbons (Fsp3) is 0.240. The molecular weight excluding hydrogens is 1290 g/mol. The second-order valence-corrected chi connectivity index (χ2v) is 23.9. The first-order valence-electron chi connectivity index (χ1n) is 30.0. The molecule has 0 aliphatic heterocycles. The summed E-state index contributed by atoms with van der Waals surface area (Å²) in [6.45, 7) is 42.8. The Kier molecular flexibility index (Phi) is 27.8. The van der Waals surface area contributed by atoms with Crippen LogP contribution in [0.4, 0.5) is 54.3 Å². The van der Waals surface area contributed by atoms with E-state index >= 15 is 0 Å². The van der Waals surface area contributed by atoms with E-state index in [2.05, 4.69) is 40.6 Å². The van der Waals surface area contributed by atoms with E-state index in [4.69, 9.17) is 62.1 Å². The van der Waals surface area contributed by atoms with Crippen LogP contribution in [0.2, 0.25) is 5.02 Å². The number of benzene rings is 8. The minimum absolute atomic E-state index is 0.166. The van der Waals surface area contributed by atoms with Gasteiger partial charge in [-0.2, -0.15) is 5.26 Å². The van der Waals surface area contributed by atoms with Crippen molar-refractivity contribution < 1.29 is 67.3 Å². The number of carbonyl (C=O) groups excluding carboxylic acids is 4. The quantitative estimate of drug-likeness (QED) is 0.0330. The molecule has 99 heavy (non-hydrogen) atoms. The number of nitriles is 1. The average Bonchev–Trinajstić information content (AvgIpc) is 0.862. The molecule has 0 heterocycles. The van der Waals surface area contributed by atoms with Crippen molar-refractivity contribution >= 4 is 80.7 Å². The molecule has 21 nitrogen and oxygen atoms in total. The number of aryl methyl sites for hydroxylation is 6. The van der Waals surface area contributed by atoms with Gasteiger partial charge in [0.1, 0.15) is 61.1 Å². The topological polar surface area (TPSA) is 275 Å². The molecular formula is C75H72ClF2N9O12. The van der Waals surface area contributed by atoms with Gasteiger partial charge in [0.05, 0.1) is 37.9 Å². The number of halogens is 3. The summed E-state index contributed by atoms with van der Waals surface area (Å²) < 4.78 is 48.6. The van der Waals surface area contributed by atoms with Gasteiger partial charge in [0.15, 0.2) is 39.5 Å². The van der Waals surface area contributed by atoms with Gasteiger partial charge in [-0.1, -0.05) is 65.7 Å². The molecule has 8 rings (SSSR count). The Hall–Kier alpha value is -11.7. The maximum atomic E-state index is 13.5. The van der Waals surface area contributed by atoms with Crippen LogP contribution in [-0.4, -0.2) is 92.9 Å². The van der Waals surface area contributed by atoms with Crippen LogP contribution in [0.15, 0.2) is 158 Å². The van der Waals surface area contributed by atoms with Crippen molar-refractivity contribution in [2.45, 2.75) is 91.6 Å². The molecule has 0 saturated heterocycles. The van der Waals surface area contributed by atoms with Gasteiger partial charge in [-0.15, -0.1) is 0 Å². The number of hydrogen-bond acceptors (Lipinski definition) is 13. The molecule has 0 spiro atoms. The lowest BCUT2D eigenvalue weighted by atomic mass is 10.1. The van der Waals surface area contributed by atoms with Crippen LogP contribution in [0.1, 0.15) is 66.6 Å². The van der Waals surface area contributed by atoms with E-state index in [0.717, 1.165) is 22.3 Å². The fourth-order valence-electron chi connectivity index (χ4n) is 8.06. The molecule has 510 valence electrons. The molecule has 0 aliphatic carbocycles. The molecule has 4 amide bonds. The van der Waals surface area contributed by atoms with Crippen molar-refractivity contribution in [2.75, 3.05) is 47.7 Å². The Balaban J connectivity index is 0.000000238. The van der Waals surface area contributed by atoms with Gasteiger partial charge in [-0.05, 0) is 194 Å². The van der Waals surface area contributed by atoms with Crippen molar-refractivity contribution in [1.29, 1.82) is 5.26 Å². The second-order valence-electron chi connectivity index (χ2n) is 23.5. The Morgan fingerprint density at radius 1 is 0.414 bits per heavy atom. The smallest absolute Gasteiger partial charge is 0.259 e. The lowest BCUT2D eigenvalue weighted by molar-refractivity contribution is -0.135. The number of rotatable bonds is 20. The fourth-order valence-corrected chi connectivity index (χ4v) is 8.28. The van der Waals surface area contributed by atoms with Crippen molar-refractivity contribution in [3.63, 3.8) is 0 Å². The Bertz CT molecular complexity index is 4310. The number of anilines is 4. The van der Waals surface area contributed by atoms with Crippen molar-refractivity contribution in [1.82, 2.24) is 0 Å². The van der Waals surface area contributed by atoms with Crippen molar-refractivity contribution in [3.8, 4) is 29.1 Å². The predicted octanol–water partition coefficient (Wildman–Crippen LogP) is 14.7. The normalized spacial score (nSPS) is 12.7. The van der Waals surface area contributed by atoms with Crippen LogP contribution in [0.25, 0.3) is 19.4 Å². The third-order valence-corrected chi connectivity index (χ3v) is 14.7. The van der Waals surface area contributed by atoms with E-state index in [9.17, 15) is 48.4 Å². The number of amides is 4. The maximum Gasteiger partial charge on any atom is 0.259 e. The number of carbonyl (C=O) groups is 4. The summed E-state index contributed by atoms with van der Waals surface area (Å²) in [6.07, 6.45) is 0. The Morgan fingerprint density at radius 3 is 0.960 bits per heavy atom. The monoisotopic (exact) mass is 1360 g/mol. The molecule has 0 saturated carbocycles. The lowest BCUT2D eigenvalue weighted by Crippen LogP contribution is -2.45. The van der Waals surface area contributed by atoms with Gasteiger partial charge in [0, 0.05) is 39.9 Å². The molecule has 8 aromatic carbocycles. The van der Waals surface area contributed by atoms with E-state index in [1.807, 2.05) is 25.1 Å². The molecule has 4 atom stereocenters. The summed E-state index contributed by atoms with van der Waals surface area (Å²) in [5, 5.41) is 60.6. The van der Waals surface area contributed by atoms with Crippen LogP contribution in [-0.2, 0) is 19.2 Å². The van der Waals surface area contributed by atoms with Crippen molar-refractivity contribution in [3.05, 3.63) is 259 Å². The molecule has 8 N–H and O–H groups in total. The number of aliphatic hydroxyl groups is 4. The maximum absolute atomic E-state index is 13.5. The third-order valence-electron chi connectivity index (χ3n) is 14.4. The number of ether oxygens (including phenoxy) is 4. The largest absolute Gasteiger partial charge is 0.490 e. The summed E-state index contributed by atoms with van der Waals surface area (Å²) in [6, 6.07) is 43.4. The van der Waals surface area contributed by atoms with Crippen molar-refractivity contribution in [2.24, 2.45) is 0 Å². The minimum atomic E-state index is -1.81. The Morgan fingerprint density at radius 2 is 0.687 bits per heavy atom. The number of nitrogens with zero attached hydrogens (tertiary/aromatic N) is 5. The number of hydrogen-bond donors (Lipinski definition) is 8. The molecule has 8 aromatic rings. The number of nitrogens with one attached hydrogen (secondary N) is 4. The summed E-state index contributed by atoms with van der Waals surface area (Å²) in [5.74, 6) is -1.92. The van der Waals surface area contributed by atoms with Gasteiger partial charge >= 0.3 is 0 Å². The van der Waals surface area contributed by atoms with E-state index in [1.54, 1.807) is 150 Å². The summed E-state index contributed by atoms with van der Waals surface area (Å²) in [4.78, 5) is 62.4. The molecule has 0 bridgehead atoms. The van der Waals surface area contributed by atoms with Gasteiger partial charge in [0.2, 0.25) is 5.69 Å². The van der Waals surface area contributed by atoms with Gasteiger partial charge < -0.3 is 60.6 Å². The van der Waals surface area contributed by atoms with E-state index < -0.39 is 57.7 Å². The first-order valence-corrected chi connectivity index (χ1v) is 30.4. The van der Waals surface area contributed by atoms with Crippen LogP contribution >= 0.6 is 11.6 Å². The van der Waals surface area contributed by atoms with Gasteiger partial charge in [-0.3, -0.25) is 19.2 Å². The highest BCUT2D eigenvalue weighted by Gasteiger charge is 2.35. The third kappa shape index (κ3) is 23.9. The van der Waals surface area contributed by atoms with Crippen LogP contribution in [0.3, 0.4) is 0 Å². The predicted molar refractivity (Wildman–Crippen MR) is 374 cm³/mol. The van der Waals surface area contributed by atoms with E-state index in [0.29, 0.717) is 68.0 Å². The van der Waals surface area contributed by atoms with E-state index in [-0.39, 0.29) is 48.6 Å². The zero-order valence-electron chi connectivity index (χ0n) is 55.8. The van der Waals surface area contributed by atoms with E-state index in [1.165, 1.54) is 58.0 Å². The standard InChI is InChI=1S/2C19H19FN2O3.C19H20N2O3.C18H14ClN3O3/c2*1-12-5-7-15(10-16(12)20)25-11-19(3,24)18(23)22-14-6-8-17(21-4)13(2)9-14;1-13-5-8-16(9-6-13)24-12-19(3,23)18(22)21-15-7-10-17(20-4)14(2)11-15;1-18(24,11-25-14-6-3-12(10-20)4-7-14)17(23)22-13-5-8-16(21-2)15(19)9-13/h2*5-10,24H,11H2,1-3H3,(H,22,23);5-11,23H,12H2,1-3H3,(H,21,22);3-9,24H,11H2,1H3,(H,22,23)/t3*19-;18-/m0000/s1. The highest BCUT2D eigenvalue weighted by molar-refractivity contribution is 6.33. The SMILES string of the molecule is [C-]#[N+]c1ccc(NC(=O)[C@@](C)(O)COc2ccc(C#N)cc2)cc1Cl.[C-]#[N+]c1ccc(NC(=O)[C@@](C)(O)COc2ccc(C)c(F)c2)cc1C.[C-]#[N+]c1ccc(NC(=O)[C@@](C)(O)COc2ccc(C)c(F)c2)cc1C.[C-]#[N+]c1ccc(NC(=O)[C@@](C)(O)COc2ccc(C)cc2)cc1C. The zero-order chi connectivity index (χ0) is 73.4. The first-order chi connectivity index (χ1) is 46.6. The molecule has 0 radical (unpaired) electrons. The lowest BCUT2D eigenvalue weighted by Gasteiger charge is -2.23. The Labute approximate surface area is 578 Å². The summed E-state index contributed by atoms with van der Waals surface area (Å²) >= 11 is 5.92. The molecule has 0 fully saturated rings. The molecule has 0 unspecified atom stereocenters. The summed E-state index contributed by atoms with van der Waals surface area (Å²) in [7, 11) is 0. The van der Waals surface area contributed by atoms with Crippen LogP contribution in [0.5, 0.6) is 23.0 Å². The van der Waals surface area contributed by atoms with Gasteiger partial charge in [-0.25, -0.2) is 28.2 Å². The second kappa shape index (κ2) is 35.3.